The van der Waals surface area contributed by atoms with Crippen molar-refractivity contribution < 1.29 is 18.7 Å². The van der Waals surface area contributed by atoms with Crippen molar-refractivity contribution in [3.63, 3.8) is 0 Å². The van der Waals surface area contributed by atoms with E-state index in [-0.39, 0.29) is 18.3 Å². The summed E-state index contributed by atoms with van der Waals surface area (Å²) in [6.07, 6.45) is 1.53. The van der Waals surface area contributed by atoms with Crippen molar-refractivity contribution in [1.82, 2.24) is 5.32 Å². The SMILES string of the molecule is COC(=O)C[C@H](NC(=O)c1ccoc1C)c1ccccc1. The van der Waals surface area contributed by atoms with Gasteiger partial charge in [0.05, 0.1) is 31.4 Å². The van der Waals surface area contributed by atoms with Gasteiger partial charge in [-0.1, -0.05) is 30.3 Å². The first kappa shape index (κ1) is 14.8. The first-order valence-electron chi connectivity index (χ1n) is 6.58. The lowest BCUT2D eigenvalue weighted by atomic mass is 10.0. The molecule has 0 aliphatic heterocycles. The van der Waals surface area contributed by atoms with Gasteiger partial charge in [-0.25, -0.2) is 0 Å². The molecule has 2 rings (SSSR count). The Hall–Kier alpha value is -2.56. The van der Waals surface area contributed by atoms with E-state index in [1.54, 1.807) is 13.0 Å². The molecule has 1 atom stereocenters. The number of esters is 1. The Bertz CT molecular complexity index is 618. The average Bonchev–Trinajstić information content (AvgIpc) is 2.93. The van der Waals surface area contributed by atoms with Gasteiger partial charge in [-0.15, -0.1) is 0 Å². The van der Waals surface area contributed by atoms with Gasteiger partial charge in [0.15, 0.2) is 0 Å². The minimum atomic E-state index is -0.444. The maximum atomic E-state index is 12.3. The van der Waals surface area contributed by atoms with E-state index in [9.17, 15) is 9.59 Å². The predicted octanol–water partition coefficient (Wildman–Crippen LogP) is 2.62. The zero-order chi connectivity index (χ0) is 15.2. The molecule has 1 aromatic carbocycles. The third kappa shape index (κ3) is 3.72. The summed E-state index contributed by atoms with van der Waals surface area (Å²) in [6, 6.07) is 10.5. The van der Waals surface area contributed by atoms with E-state index in [0.29, 0.717) is 11.3 Å². The van der Waals surface area contributed by atoms with E-state index in [2.05, 4.69) is 10.1 Å². The van der Waals surface area contributed by atoms with Crippen LogP contribution in [0, 0.1) is 6.92 Å². The Labute approximate surface area is 122 Å². The zero-order valence-corrected chi connectivity index (χ0v) is 12.0. The lowest BCUT2D eigenvalue weighted by Gasteiger charge is -2.18. The maximum absolute atomic E-state index is 12.3. The molecular weight excluding hydrogens is 270 g/mol. The number of benzene rings is 1. The molecule has 0 bridgehead atoms. The third-order valence-electron chi connectivity index (χ3n) is 3.21. The van der Waals surface area contributed by atoms with Crippen LogP contribution in [-0.2, 0) is 9.53 Å². The molecule has 2 aromatic rings. The molecule has 0 saturated carbocycles. The molecule has 1 amide bonds. The van der Waals surface area contributed by atoms with Crippen LogP contribution in [0.4, 0.5) is 0 Å². The number of nitrogens with one attached hydrogen (secondary N) is 1. The van der Waals surface area contributed by atoms with Gasteiger partial charge < -0.3 is 14.5 Å². The number of hydrogen-bond donors (Lipinski definition) is 1. The molecule has 0 unspecified atom stereocenters. The summed E-state index contributed by atoms with van der Waals surface area (Å²) >= 11 is 0. The van der Waals surface area contributed by atoms with Crippen LogP contribution in [0.1, 0.15) is 34.1 Å². The van der Waals surface area contributed by atoms with Gasteiger partial charge in [-0.05, 0) is 18.6 Å². The zero-order valence-electron chi connectivity index (χ0n) is 12.0. The highest BCUT2D eigenvalue weighted by molar-refractivity contribution is 5.95. The molecule has 0 fully saturated rings. The third-order valence-corrected chi connectivity index (χ3v) is 3.21. The Morgan fingerprint density at radius 1 is 1.24 bits per heavy atom. The van der Waals surface area contributed by atoms with Gasteiger partial charge in [0.1, 0.15) is 5.76 Å². The standard InChI is InChI=1S/C16H17NO4/c1-11-13(8-9-21-11)16(19)17-14(10-15(18)20-2)12-6-4-3-5-7-12/h3-9,14H,10H2,1-2H3,(H,17,19)/t14-/m0/s1. The quantitative estimate of drug-likeness (QED) is 0.858. The lowest BCUT2D eigenvalue weighted by Crippen LogP contribution is -2.30. The van der Waals surface area contributed by atoms with E-state index in [0.717, 1.165) is 5.56 Å². The molecule has 1 aromatic heterocycles. The molecule has 0 radical (unpaired) electrons. The number of amides is 1. The van der Waals surface area contributed by atoms with Crippen molar-refractivity contribution >= 4 is 11.9 Å². The average molecular weight is 287 g/mol. The summed E-state index contributed by atoms with van der Waals surface area (Å²) < 4.78 is 9.81. The molecule has 0 saturated heterocycles. The molecule has 1 heterocycles. The minimum Gasteiger partial charge on any atom is -0.469 e. The van der Waals surface area contributed by atoms with Gasteiger partial charge >= 0.3 is 5.97 Å². The Morgan fingerprint density at radius 2 is 1.95 bits per heavy atom. The molecule has 1 N–H and O–H groups in total. The second kappa shape index (κ2) is 6.74. The molecule has 110 valence electrons. The van der Waals surface area contributed by atoms with Gasteiger partial charge in [0, 0.05) is 0 Å². The fourth-order valence-corrected chi connectivity index (χ4v) is 2.04. The van der Waals surface area contributed by atoms with E-state index in [1.807, 2.05) is 30.3 Å². The van der Waals surface area contributed by atoms with Crippen LogP contribution in [0.5, 0.6) is 0 Å². The van der Waals surface area contributed by atoms with Crippen molar-refractivity contribution in [2.45, 2.75) is 19.4 Å². The summed E-state index contributed by atoms with van der Waals surface area (Å²) in [4.78, 5) is 23.8. The topological polar surface area (TPSA) is 68.5 Å². The Balaban J connectivity index is 2.18. The van der Waals surface area contributed by atoms with Gasteiger partial charge in [-0.2, -0.15) is 0 Å². The number of furan rings is 1. The first-order chi connectivity index (χ1) is 10.1. The van der Waals surface area contributed by atoms with E-state index < -0.39 is 6.04 Å². The van der Waals surface area contributed by atoms with Crippen molar-refractivity contribution in [1.29, 1.82) is 0 Å². The summed E-state index contributed by atoms with van der Waals surface area (Å²) in [5.41, 5.74) is 1.30. The summed E-state index contributed by atoms with van der Waals surface area (Å²) in [6.45, 7) is 1.72. The highest BCUT2D eigenvalue weighted by Crippen LogP contribution is 2.19. The molecule has 5 heteroatoms. The number of aryl methyl sites for hydroxylation is 1. The monoisotopic (exact) mass is 287 g/mol. The fourth-order valence-electron chi connectivity index (χ4n) is 2.04. The number of carbonyl (C=O) groups is 2. The van der Waals surface area contributed by atoms with Crippen molar-refractivity contribution in [3.8, 4) is 0 Å². The predicted molar refractivity (Wildman–Crippen MR) is 76.7 cm³/mol. The number of hydrogen-bond acceptors (Lipinski definition) is 4. The van der Waals surface area contributed by atoms with E-state index >= 15 is 0 Å². The van der Waals surface area contributed by atoms with E-state index in [4.69, 9.17) is 4.42 Å². The van der Waals surface area contributed by atoms with Gasteiger partial charge in [-0.3, -0.25) is 9.59 Å². The number of rotatable bonds is 5. The second-order valence-electron chi connectivity index (χ2n) is 4.61. The number of ether oxygens (including phenoxy) is 1. The van der Waals surface area contributed by atoms with Crippen LogP contribution in [0.25, 0.3) is 0 Å². The number of carbonyl (C=O) groups excluding carboxylic acids is 2. The lowest BCUT2D eigenvalue weighted by molar-refractivity contribution is -0.141. The van der Waals surface area contributed by atoms with Crippen LogP contribution >= 0.6 is 0 Å². The molecular formula is C16H17NO4. The van der Waals surface area contributed by atoms with Crippen LogP contribution in [0.3, 0.4) is 0 Å². The largest absolute Gasteiger partial charge is 0.469 e. The molecule has 0 aliphatic rings. The molecule has 0 spiro atoms. The normalized spacial score (nSPS) is 11.7. The van der Waals surface area contributed by atoms with Crippen LogP contribution in [0.15, 0.2) is 47.1 Å². The molecule has 0 aliphatic carbocycles. The number of methoxy groups -OCH3 is 1. The highest BCUT2D eigenvalue weighted by atomic mass is 16.5. The summed E-state index contributed by atoms with van der Waals surface area (Å²) in [7, 11) is 1.33. The van der Waals surface area contributed by atoms with Gasteiger partial charge in [0.25, 0.3) is 5.91 Å². The Morgan fingerprint density at radius 3 is 2.52 bits per heavy atom. The highest BCUT2D eigenvalue weighted by Gasteiger charge is 2.21. The smallest absolute Gasteiger partial charge is 0.307 e. The van der Waals surface area contributed by atoms with Crippen molar-refractivity contribution in [3.05, 3.63) is 59.5 Å². The van der Waals surface area contributed by atoms with Crippen molar-refractivity contribution in [2.75, 3.05) is 7.11 Å². The summed E-state index contributed by atoms with van der Waals surface area (Å²) in [5, 5.41) is 2.84. The molecule has 5 nitrogen and oxygen atoms in total. The second-order valence-corrected chi connectivity index (χ2v) is 4.61. The summed E-state index contributed by atoms with van der Waals surface area (Å²) in [5.74, 6) is -0.121. The maximum Gasteiger partial charge on any atom is 0.307 e. The molecule has 21 heavy (non-hydrogen) atoms. The Kier molecular flexibility index (Phi) is 4.77. The van der Waals surface area contributed by atoms with Crippen LogP contribution in [-0.4, -0.2) is 19.0 Å². The first-order valence-corrected chi connectivity index (χ1v) is 6.58. The van der Waals surface area contributed by atoms with Gasteiger partial charge in [0.2, 0.25) is 0 Å². The van der Waals surface area contributed by atoms with Crippen LogP contribution < -0.4 is 5.32 Å². The fraction of sp³-hybridized carbons (Fsp3) is 0.250. The van der Waals surface area contributed by atoms with E-state index in [1.165, 1.54) is 13.4 Å². The van der Waals surface area contributed by atoms with Crippen molar-refractivity contribution in [2.24, 2.45) is 0 Å². The van der Waals surface area contributed by atoms with Crippen LogP contribution in [0.2, 0.25) is 0 Å². The minimum absolute atomic E-state index is 0.0726.